The number of nitriles is 1. The van der Waals surface area contributed by atoms with E-state index in [1.165, 1.54) is 0 Å². The summed E-state index contributed by atoms with van der Waals surface area (Å²) in [5.74, 6) is 0.542. The molecule has 4 atom stereocenters. The summed E-state index contributed by atoms with van der Waals surface area (Å²) in [6.07, 6.45) is 1.70. The average Bonchev–Trinajstić information content (AvgIpc) is 2.72. The molecule has 2 unspecified atom stereocenters. The second kappa shape index (κ2) is 3.23. The fraction of sp³-hybridized carbons (Fsp3) is 0.462. The van der Waals surface area contributed by atoms with Crippen molar-refractivity contribution in [1.29, 1.82) is 5.26 Å². The molecule has 3 heteroatoms. The SMILES string of the molecule is N#C[C@@H]1C2C[C@H]1CC2(O)c1ccc(Cl)cc1. The molecule has 0 amide bonds. The van der Waals surface area contributed by atoms with Gasteiger partial charge in [0.2, 0.25) is 0 Å². The van der Waals surface area contributed by atoms with Crippen LogP contribution in [-0.4, -0.2) is 5.11 Å². The Labute approximate surface area is 99.5 Å². The molecule has 4 rings (SSSR count). The highest BCUT2D eigenvalue weighted by molar-refractivity contribution is 6.30. The summed E-state index contributed by atoms with van der Waals surface area (Å²) < 4.78 is 0. The summed E-state index contributed by atoms with van der Waals surface area (Å²) in [6, 6.07) is 9.65. The summed E-state index contributed by atoms with van der Waals surface area (Å²) >= 11 is 5.83. The second-order valence-electron chi connectivity index (χ2n) is 4.89. The number of rotatable bonds is 1. The Balaban J connectivity index is 1.96. The van der Waals surface area contributed by atoms with Gasteiger partial charge in [-0.3, -0.25) is 0 Å². The maximum absolute atomic E-state index is 10.7. The Morgan fingerprint density at radius 1 is 1.38 bits per heavy atom. The molecule has 3 aliphatic carbocycles. The largest absolute Gasteiger partial charge is 0.385 e. The van der Waals surface area contributed by atoms with Gasteiger partial charge in [-0.05, 0) is 36.5 Å². The van der Waals surface area contributed by atoms with Crippen molar-refractivity contribution in [3.8, 4) is 6.07 Å². The van der Waals surface area contributed by atoms with Crippen LogP contribution in [0.2, 0.25) is 5.02 Å². The smallest absolute Gasteiger partial charge is 0.0940 e. The minimum Gasteiger partial charge on any atom is -0.385 e. The molecule has 2 bridgehead atoms. The summed E-state index contributed by atoms with van der Waals surface area (Å²) in [5.41, 5.74) is 0.109. The fourth-order valence-corrected chi connectivity index (χ4v) is 3.40. The molecule has 3 fully saturated rings. The zero-order chi connectivity index (χ0) is 11.3. The van der Waals surface area contributed by atoms with Crippen LogP contribution in [0.4, 0.5) is 0 Å². The van der Waals surface area contributed by atoms with E-state index in [2.05, 4.69) is 6.07 Å². The molecule has 1 N–H and O–H groups in total. The Morgan fingerprint density at radius 2 is 2.06 bits per heavy atom. The lowest BCUT2D eigenvalue weighted by Gasteiger charge is -2.35. The van der Waals surface area contributed by atoms with Gasteiger partial charge in [-0.15, -0.1) is 0 Å². The van der Waals surface area contributed by atoms with Crippen molar-refractivity contribution < 1.29 is 5.11 Å². The van der Waals surface area contributed by atoms with Crippen LogP contribution in [0.25, 0.3) is 0 Å². The fourth-order valence-electron chi connectivity index (χ4n) is 3.27. The molecule has 3 aliphatic rings. The monoisotopic (exact) mass is 233 g/mol. The first-order chi connectivity index (χ1) is 7.65. The maximum atomic E-state index is 10.7. The van der Waals surface area contributed by atoms with Crippen LogP contribution in [0.5, 0.6) is 0 Å². The molecule has 0 aromatic heterocycles. The van der Waals surface area contributed by atoms with E-state index in [9.17, 15) is 5.11 Å². The van der Waals surface area contributed by atoms with E-state index >= 15 is 0 Å². The Kier molecular flexibility index (Phi) is 2.04. The van der Waals surface area contributed by atoms with Crippen molar-refractivity contribution in [1.82, 2.24) is 0 Å². The van der Waals surface area contributed by atoms with E-state index in [4.69, 9.17) is 16.9 Å². The van der Waals surface area contributed by atoms with E-state index in [0.29, 0.717) is 10.9 Å². The first-order valence-electron chi connectivity index (χ1n) is 5.53. The number of benzene rings is 1. The van der Waals surface area contributed by atoms with E-state index in [0.717, 1.165) is 18.4 Å². The first-order valence-corrected chi connectivity index (χ1v) is 5.91. The van der Waals surface area contributed by atoms with Crippen molar-refractivity contribution in [3.63, 3.8) is 0 Å². The number of hydrogen-bond donors (Lipinski definition) is 1. The van der Waals surface area contributed by atoms with Gasteiger partial charge in [0.25, 0.3) is 0 Å². The minimum atomic E-state index is -0.796. The summed E-state index contributed by atoms with van der Waals surface area (Å²) in [7, 11) is 0. The highest BCUT2D eigenvalue weighted by Gasteiger charge is 2.61. The average molecular weight is 234 g/mol. The second-order valence-corrected chi connectivity index (χ2v) is 5.33. The zero-order valence-electron chi connectivity index (χ0n) is 8.73. The standard InChI is InChI=1S/C13H12ClNO/c14-10-3-1-9(2-4-10)13(16)6-8-5-12(13)11(8)7-15/h1-4,8,11-12,16H,5-6H2/t8-,11-,12?,13?/m0/s1. The van der Waals surface area contributed by atoms with Gasteiger partial charge in [0.05, 0.1) is 17.6 Å². The van der Waals surface area contributed by atoms with Crippen molar-refractivity contribution >= 4 is 11.6 Å². The Hall–Kier alpha value is -1.04. The molecule has 1 aromatic rings. The number of hydrogen-bond acceptors (Lipinski definition) is 2. The third kappa shape index (κ3) is 1.16. The highest BCUT2D eigenvalue weighted by atomic mass is 35.5. The lowest BCUT2D eigenvalue weighted by atomic mass is 9.70. The van der Waals surface area contributed by atoms with Gasteiger partial charge in [0.1, 0.15) is 0 Å². The molecule has 0 saturated heterocycles. The molecule has 1 aromatic carbocycles. The minimum absolute atomic E-state index is 0.0423. The Morgan fingerprint density at radius 3 is 2.62 bits per heavy atom. The topological polar surface area (TPSA) is 44.0 Å². The summed E-state index contributed by atoms with van der Waals surface area (Å²) in [6.45, 7) is 0. The van der Waals surface area contributed by atoms with Crippen LogP contribution < -0.4 is 0 Å². The Bertz CT molecular complexity index is 464. The van der Waals surface area contributed by atoms with Gasteiger partial charge in [0.15, 0.2) is 0 Å². The molecule has 0 spiro atoms. The van der Waals surface area contributed by atoms with Crippen LogP contribution in [0.15, 0.2) is 24.3 Å². The molecule has 3 saturated carbocycles. The number of fused-ring (bicyclic) bond motifs is 1. The van der Waals surface area contributed by atoms with E-state index in [-0.39, 0.29) is 11.8 Å². The summed E-state index contributed by atoms with van der Waals surface area (Å²) in [5, 5.41) is 20.4. The quantitative estimate of drug-likeness (QED) is 0.811. The number of halogens is 1. The summed E-state index contributed by atoms with van der Waals surface area (Å²) in [4.78, 5) is 0. The first kappa shape index (κ1) is 10.1. The van der Waals surface area contributed by atoms with Crippen LogP contribution in [-0.2, 0) is 5.60 Å². The van der Waals surface area contributed by atoms with Gasteiger partial charge in [-0.2, -0.15) is 5.26 Å². The zero-order valence-corrected chi connectivity index (χ0v) is 9.48. The van der Waals surface area contributed by atoms with Gasteiger partial charge >= 0.3 is 0 Å². The van der Waals surface area contributed by atoms with Crippen molar-refractivity contribution in [2.45, 2.75) is 18.4 Å². The third-order valence-electron chi connectivity index (χ3n) is 4.18. The molecule has 2 nitrogen and oxygen atoms in total. The number of aliphatic hydroxyl groups is 1. The van der Waals surface area contributed by atoms with Gasteiger partial charge in [0, 0.05) is 10.9 Å². The highest BCUT2D eigenvalue weighted by Crippen LogP contribution is 2.62. The van der Waals surface area contributed by atoms with E-state index in [1.54, 1.807) is 12.1 Å². The van der Waals surface area contributed by atoms with E-state index < -0.39 is 5.60 Å². The molecule has 0 heterocycles. The van der Waals surface area contributed by atoms with E-state index in [1.807, 2.05) is 12.1 Å². The lowest BCUT2D eigenvalue weighted by molar-refractivity contribution is -0.00719. The van der Waals surface area contributed by atoms with Gasteiger partial charge in [-0.25, -0.2) is 0 Å². The van der Waals surface area contributed by atoms with Gasteiger partial charge in [-0.1, -0.05) is 23.7 Å². The molecule has 16 heavy (non-hydrogen) atoms. The van der Waals surface area contributed by atoms with Crippen LogP contribution in [0, 0.1) is 29.1 Å². The molecule has 0 aliphatic heterocycles. The predicted octanol–water partition coefficient (Wildman–Crippen LogP) is 2.71. The van der Waals surface area contributed by atoms with Crippen LogP contribution in [0.3, 0.4) is 0 Å². The lowest BCUT2D eigenvalue weighted by Crippen LogP contribution is -2.35. The predicted molar refractivity (Wildman–Crippen MR) is 60.7 cm³/mol. The molecular formula is C13H12ClNO. The number of nitrogens with zero attached hydrogens (tertiary/aromatic N) is 1. The van der Waals surface area contributed by atoms with Crippen molar-refractivity contribution in [3.05, 3.63) is 34.9 Å². The van der Waals surface area contributed by atoms with Crippen molar-refractivity contribution in [2.24, 2.45) is 17.8 Å². The molecule has 82 valence electrons. The molecular weight excluding hydrogens is 222 g/mol. The van der Waals surface area contributed by atoms with Gasteiger partial charge < -0.3 is 5.11 Å². The molecule has 0 radical (unpaired) electrons. The van der Waals surface area contributed by atoms with Crippen LogP contribution in [0.1, 0.15) is 18.4 Å². The van der Waals surface area contributed by atoms with Crippen molar-refractivity contribution in [2.75, 3.05) is 0 Å². The third-order valence-corrected chi connectivity index (χ3v) is 4.43. The maximum Gasteiger partial charge on any atom is 0.0940 e. The van der Waals surface area contributed by atoms with Crippen LogP contribution >= 0.6 is 11.6 Å². The normalized spacial score (nSPS) is 40.2.